The summed E-state index contributed by atoms with van der Waals surface area (Å²) in [6, 6.07) is 8.34. The smallest absolute Gasteiger partial charge is 0.126 e. The molecule has 0 saturated carbocycles. The van der Waals surface area contributed by atoms with Gasteiger partial charge in [-0.25, -0.2) is 0 Å². The number of benzene rings is 1. The van der Waals surface area contributed by atoms with E-state index in [2.05, 4.69) is 31.2 Å². The molecule has 22 heavy (non-hydrogen) atoms. The Labute approximate surface area is 132 Å². The van der Waals surface area contributed by atoms with Crippen LogP contribution < -0.4 is 0 Å². The number of allylic oxidation sites excluding steroid dienone is 5. The zero-order valence-electron chi connectivity index (χ0n) is 13.3. The van der Waals surface area contributed by atoms with Crippen LogP contribution in [0.25, 0.3) is 6.08 Å². The summed E-state index contributed by atoms with van der Waals surface area (Å²) < 4.78 is 5.45. The van der Waals surface area contributed by atoms with Crippen molar-refractivity contribution in [3.8, 4) is 0 Å². The molecule has 0 fully saturated rings. The molecule has 2 rings (SSSR count). The molecule has 1 atom stereocenters. The predicted octanol–water partition coefficient (Wildman–Crippen LogP) is 4.34. The minimum absolute atomic E-state index is 0.752. The number of methoxy groups -OCH3 is 1. The Kier molecular flexibility index (Phi) is 5.18. The van der Waals surface area contributed by atoms with Crippen LogP contribution in [-0.4, -0.2) is 17.8 Å². The maximum Gasteiger partial charge on any atom is 0.126 e. The summed E-state index contributed by atoms with van der Waals surface area (Å²) in [5.74, 6) is 0.752. The maximum atomic E-state index is 9.99. The highest BCUT2D eigenvalue weighted by Crippen LogP contribution is 2.20. The Bertz CT molecular complexity index is 653. The molecule has 114 valence electrons. The third-order valence-electron chi connectivity index (χ3n) is 3.43. The monoisotopic (exact) mass is 294 g/mol. The number of rotatable bonds is 4. The van der Waals surface area contributed by atoms with Gasteiger partial charge in [0.05, 0.1) is 12.7 Å². The van der Waals surface area contributed by atoms with Gasteiger partial charge in [-0.1, -0.05) is 60.2 Å². The molecule has 2 heteroatoms. The molecule has 0 radical (unpaired) electrons. The molecule has 0 aromatic heterocycles. The molecule has 0 spiro atoms. The molecule has 0 aliphatic heterocycles. The minimum atomic E-state index is -0.922. The molecular weight excluding hydrogens is 272 g/mol. The zero-order valence-corrected chi connectivity index (χ0v) is 13.3. The van der Waals surface area contributed by atoms with Crippen LogP contribution in [0.3, 0.4) is 0 Å². The lowest BCUT2D eigenvalue weighted by molar-refractivity contribution is 0.164. The normalized spacial score (nSPS) is 21.8. The standard InChI is InChI=1S/C20H22O2/c1-16-9-11-17(12-10-16)6-4-8-19(22-3)18-7-5-14-20(2,21)15-13-18/h4-15,21H,1-3H3/b6-4+,19-8-. The van der Waals surface area contributed by atoms with Gasteiger partial charge in [0.25, 0.3) is 0 Å². The van der Waals surface area contributed by atoms with Crippen LogP contribution in [0.4, 0.5) is 0 Å². The van der Waals surface area contributed by atoms with Crippen molar-refractivity contribution in [2.75, 3.05) is 7.11 Å². The molecule has 0 heterocycles. The molecule has 2 nitrogen and oxygen atoms in total. The number of ether oxygens (including phenoxy) is 1. The zero-order chi connectivity index (χ0) is 16.0. The van der Waals surface area contributed by atoms with E-state index < -0.39 is 5.60 Å². The highest BCUT2D eigenvalue weighted by atomic mass is 16.5. The highest BCUT2D eigenvalue weighted by molar-refractivity contribution is 5.53. The average Bonchev–Trinajstić information content (AvgIpc) is 2.67. The van der Waals surface area contributed by atoms with Crippen molar-refractivity contribution in [2.24, 2.45) is 0 Å². The van der Waals surface area contributed by atoms with Crippen LogP contribution in [0.1, 0.15) is 18.1 Å². The fraction of sp³-hybridized carbons (Fsp3) is 0.200. The van der Waals surface area contributed by atoms with Crippen LogP contribution >= 0.6 is 0 Å². The van der Waals surface area contributed by atoms with E-state index in [9.17, 15) is 5.11 Å². The summed E-state index contributed by atoms with van der Waals surface area (Å²) in [4.78, 5) is 0. The summed E-state index contributed by atoms with van der Waals surface area (Å²) in [5.41, 5.74) is 2.39. The van der Waals surface area contributed by atoms with Gasteiger partial charge in [-0.05, 0) is 37.6 Å². The van der Waals surface area contributed by atoms with Crippen molar-refractivity contribution in [2.45, 2.75) is 19.4 Å². The number of hydrogen-bond donors (Lipinski definition) is 1. The lowest BCUT2D eigenvalue weighted by atomic mass is 10.1. The molecule has 1 unspecified atom stereocenters. The average molecular weight is 294 g/mol. The number of hydrogen-bond acceptors (Lipinski definition) is 2. The third-order valence-corrected chi connectivity index (χ3v) is 3.43. The fourth-order valence-corrected chi connectivity index (χ4v) is 2.09. The van der Waals surface area contributed by atoms with Gasteiger partial charge in [0.2, 0.25) is 0 Å². The second kappa shape index (κ2) is 7.10. The van der Waals surface area contributed by atoms with Crippen LogP contribution in [0.2, 0.25) is 0 Å². The first kappa shape index (κ1) is 16.1. The van der Waals surface area contributed by atoms with Crippen molar-refractivity contribution in [3.63, 3.8) is 0 Å². The Morgan fingerprint density at radius 2 is 1.91 bits per heavy atom. The van der Waals surface area contributed by atoms with Crippen molar-refractivity contribution in [1.82, 2.24) is 0 Å². The van der Waals surface area contributed by atoms with E-state index in [1.807, 2.05) is 36.5 Å². The lowest BCUT2D eigenvalue weighted by Gasteiger charge is -2.11. The molecule has 0 bridgehead atoms. The first-order valence-electron chi connectivity index (χ1n) is 7.31. The number of aliphatic hydroxyl groups is 1. The minimum Gasteiger partial charge on any atom is -0.496 e. The van der Waals surface area contributed by atoms with E-state index in [0.29, 0.717) is 0 Å². The molecule has 1 N–H and O–H groups in total. The van der Waals surface area contributed by atoms with Gasteiger partial charge < -0.3 is 9.84 Å². The first-order chi connectivity index (χ1) is 10.5. The molecular formula is C20H22O2. The molecule has 1 aliphatic rings. The van der Waals surface area contributed by atoms with Gasteiger partial charge in [0.15, 0.2) is 0 Å². The van der Waals surface area contributed by atoms with Gasteiger partial charge in [0, 0.05) is 5.57 Å². The quantitative estimate of drug-likeness (QED) is 0.661. The molecule has 1 aliphatic carbocycles. The van der Waals surface area contributed by atoms with E-state index in [4.69, 9.17) is 4.74 Å². The van der Waals surface area contributed by atoms with Gasteiger partial charge >= 0.3 is 0 Å². The summed E-state index contributed by atoms with van der Waals surface area (Å²) in [7, 11) is 1.65. The van der Waals surface area contributed by atoms with Crippen molar-refractivity contribution >= 4 is 6.08 Å². The van der Waals surface area contributed by atoms with Crippen LogP contribution in [-0.2, 0) is 4.74 Å². The van der Waals surface area contributed by atoms with E-state index in [-0.39, 0.29) is 0 Å². The molecule has 1 aromatic rings. The summed E-state index contributed by atoms with van der Waals surface area (Å²) in [5, 5.41) is 9.99. The van der Waals surface area contributed by atoms with Crippen molar-refractivity contribution < 1.29 is 9.84 Å². The Morgan fingerprint density at radius 3 is 2.59 bits per heavy atom. The van der Waals surface area contributed by atoms with E-state index in [1.54, 1.807) is 26.2 Å². The first-order valence-corrected chi connectivity index (χ1v) is 7.31. The second-order valence-electron chi connectivity index (χ2n) is 5.55. The topological polar surface area (TPSA) is 29.5 Å². The highest BCUT2D eigenvalue weighted by Gasteiger charge is 2.13. The van der Waals surface area contributed by atoms with Crippen LogP contribution in [0, 0.1) is 6.92 Å². The maximum absolute atomic E-state index is 9.99. The fourth-order valence-electron chi connectivity index (χ4n) is 2.09. The molecule has 0 amide bonds. The summed E-state index contributed by atoms with van der Waals surface area (Å²) >= 11 is 0. The Balaban J connectivity index is 2.16. The largest absolute Gasteiger partial charge is 0.496 e. The van der Waals surface area contributed by atoms with Gasteiger partial charge in [-0.3, -0.25) is 0 Å². The van der Waals surface area contributed by atoms with E-state index >= 15 is 0 Å². The van der Waals surface area contributed by atoms with Crippen LogP contribution in [0.5, 0.6) is 0 Å². The van der Waals surface area contributed by atoms with Crippen molar-refractivity contribution in [1.29, 1.82) is 0 Å². The Morgan fingerprint density at radius 1 is 1.18 bits per heavy atom. The van der Waals surface area contributed by atoms with Gasteiger partial charge in [0.1, 0.15) is 5.76 Å². The summed E-state index contributed by atoms with van der Waals surface area (Å²) in [6.45, 7) is 3.81. The third kappa shape index (κ3) is 4.61. The lowest BCUT2D eigenvalue weighted by Crippen LogP contribution is -2.15. The Hall–Kier alpha value is -2.32. The number of aryl methyl sites for hydroxylation is 1. The van der Waals surface area contributed by atoms with E-state index in [0.717, 1.165) is 16.9 Å². The predicted molar refractivity (Wildman–Crippen MR) is 92.3 cm³/mol. The van der Waals surface area contributed by atoms with E-state index in [1.165, 1.54) is 5.56 Å². The molecule has 1 aromatic carbocycles. The molecule has 0 saturated heterocycles. The van der Waals surface area contributed by atoms with Gasteiger partial charge in [-0.15, -0.1) is 0 Å². The second-order valence-corrected chi connectivity index (χ2v) is 5.55. The SMILES string of the molecule is CO/C(=C\C=C\c1ccc(C)cc1)C1=CC=CC(C)(O)C=C1. The summed E-state index contributed by atoms with van der Waals surface area (Å²) in [6.07, 6.45) is 15.0. The van der Waals surface area contributed by atoms with Crippen LogP contribution in [0.15, 0.2) is 78.1 Å². The van der Waals surface area contributed by atoms with Gasteiger partial charge in [-0.2, -0.15) is 0 Å². The van der Waals surface area contributed by atoms with Crippen molar-refractivity contribution in [3.05, 3.63) is 89.3 Å².